The summed E-state index contributed by atoms with van der Waals surface area (Å²) >= 11 is 12.5. The van der Waals surface area contributed by atoms with E-state index in [2.05, 4.69) is 36.2 Å². The van der Waals surface area contributed by atoms with Gasteiger partial charge in [-0.25, -0.2) is 14.3 Å². The molecule has 0 aliphatic carbocycles. The molecule has 3 aromatic heterocycles. The van der Waals surface area contributed by atoms with Crippen LogP contribution in [0.4, 0.5) is 18.9 Å². The van der Waals surface area contributed by atoms with E-state index < -0.39 is 36.2 Å². The molecule has 1 atom stereocenters. The zero-order valence-electron chi connectivity index (χ0n) is 21.6. The second-order valence-electron chi connectivity index (χ2n) is 9.84. The van der Waals surface area contributed by atoms with Crippen LogP contribution in [-0.4, -0.2) is 51.5 Å². The third kappa shape index (κ3) is 6.58. The van der Waals surface area contributed by atoms with E-state index in [4.69, 9.17) is 23.2 Å². The summed E-state index contributed by atoms with van der Waals surface area (Å²) in [6.07, 6.45) is -4.58. The molecule has 0 saturated heterocycles. The lowest BCUT2D eigenvalue weighted by Crippen LogP contribution is -2.39. The van der Waals surface area contributed by atoms with Gasteiger partial charge in [-0.2, -0.15) is 18.3 Å². The number of benzene rings is 1. The number of alkyl halides is 3. The van der Waals surface area contributed by atoms with Crippen LogP contribution < -0.4 is 10.6 Å². The van der Waals surface area contributed by atoms with Crippen LogP contribution in [0.3, 0.4) is 0 Å². The van der Waals surface area contributed by atoms with Gasteiger partial charge in [-0.05, 0) is 74.0 Å². The normalized spacial score (nSPS) is 12.9. The van der Waals surface area contributed by atoms with Crippen LogP contribution in [0.5, 0.6) is 0 Å². The van der Waals surface area contributed by atoms with Gasteiger partial charge in [-0.3, -0.25) is 10.1 Å². The van der Waals surface area contributed by atoms with Crippen molar-refractivity contribution >= 4 is 34.8 Å². The maximum Gasteiger partial charge on any atom is 0.453 e. The van der Waals surface area contributed by atoms with Gasteiger partial charge in [0.15, 0.2) is 5.82 Å². The SMILES string of the molecule is Cc1cc(Cl)cc(C(O)NC(C)(C)C)c1NC(=O)c1cc(Cn2nnnc2C(F)(F)F)nn1-c1ncccc1Cl. The number of aliphatic hydroxyl groups is 1. The van der Waals surface area contributed by atoms with Gasteiger partial charge in [0, 0.05) is 22.3 Å². The summed E-state index contributed by atoms with van der Waals surface area (Å²) in [4.78, 5) is 17.8. The Kier molecular flexibility index (Phi) is 8.17. The highest BCUT2D eigenvalue weighted by molar-refractivity contribution is 6.32. The number of carbonyl (C=O) groups is 1. The van der Waals surface area contributed by atoms with Crippen LogP contribution in [0.15, 0.2) is 36.5 Å². The zero-order chi connectivity index (χ0) is 29.4. The first-order valence-electron chi connectivity index (χ1n) is 11.7. The number of halogens is 5. The maximum atomic E-state index is 13.7. The number of hydrogen-bond acceptors (Lipinski definition) is 8. The monoisotopic (exact) mass is 597 g/mol. The molecule has 4 aromatic rings. The summed E-state index contributed by atoms with van der Waals surface area (Å²) in [7, 11) is 0. The van der Waals surface area contributed by atoms with E-state index in [0.717, 1.165) is 4.68 Å². The summed E-state index contributed by atoms with van der Waals surface area (Å²) in [5, 5.41) is 31.0. The summed E-state index contributed by atoms with van der Waals surface area (Å²) in [6.45, 7) is 6.77. The quantitative estimate of drug-likeness (QED) is 0.264. The number of carbonyl (C=O) groups excluding carboxylic acids is 1. The number of amides is 1. The molecule has 1 amide bonds. The Morgan fingerprint density at radius 3 is 2.55 bits per heavy atom. The van der Waals surface area contributed by atoms with Gasteiger partial charge in [-0.15, -0.1) is 5.10 Å². The lowest BCUT2D eigenvalue weighted by Gasteiger charge is -2.27. The first-order chi connectivity index (χ1) is 18.6. The first kappa shape index (κ1) is 29.4. The minimum absolute atomic E-state index is 0.0205. The fourth-order valence-corrected chi connectivity index (χ4v) is 4.34. The van der Waals surface area contributed by atoms with Gasteiger partial charge in [-0.1, -0.05) is 23.2 Å². The summed E-state index contributed by atoms with van der Waals surface area (Å²) in [5.74, 6) is -1.97. The number of rotatable bonds is 7. The fraction of sp³-hybridized carbons (Fsp3) is 0.333. The van der Waals surface area contributed by atoms with Crippen molar-refractivity contribution in [3.8, 4) is 5.82 Å². The minimum Gasteiger partial charge on any atom is -0.374 e. The summed E-state index contributed by atoms with van der Waals surface area (Å²) in [5.41, 5.74) is 0.573. The molecule has 0 radical (unpaired) electrons. The van der Waals surface area contributed by atoms with Crippen LogP contribution in [-0.2, 0) is 12.7 Å². The average molecular weight is 598 g/mol. The molecule has 0 bridgehead atoms. The lowest BCUT2D eigenvalue weighted by molar-refractivity contribution is -0.147. The van der Waals surface area contributed by atoms with E-state index in [0.29, 0.717) is 20.8 Å². The molecule has 3 heterocycles. The number of aliphatic hydroxyl groups excluding tert-OH is 1. The standard InChI is InChI=1S/C24H24Cl2F3N9O2/c1-12-8-13(25)9-15(20(39)32-23(2,3)4)18(12)31-21(40)17-10-14(11-37-22(24(27,28)29)33-35-36-37)34-38(17)19-16(26)6-5-7-30-19/h5-10,20,32,39H,11H2,1-4H3,(H,31,40). The Bertz CT molecular complexity index is 1550. The summed E-state index contributed by atoms with van der Waals surface area (Å²) < 4.78 is 41.6. The van der Waals surface area contributed by atoms with Crippen molar-refractivity contribution in [2.45, 2.75) is 52.2 Å². The second-order valence-corrected chi connectivity index (χ2v) is 10.7. The number of tetrazole rings is 1. The van der Waals surface area contributed by atoms with Crippen LogP contribution in [0.2, 0.25) is 10.0 Å². The zero-order valence-corrected chi connectivity index (χ0v) is 23.1. The van der Waals surface area contributed by atoms with Gasteiger partial charge < -0.3 is 10.4 Å². The van der Waals surface area contributed by atoms with Crippen molar-refractivity contribution in [2.24, 2.45) is 0 Å². The number of nitrogens with zero attached hydrogens (tertiary/aromatic N) is 7. The molecule has 3 N–H and O–H groups in total. The highest BCUT2D eigenvalue weighted by atomic mass is 35.5. The predicted octanol–water partition coefficient (Wildman–Crippen LogP) is 4.57. The molecule has 0 aliphatic heterocycles. The Morgan fingerprint density at radius 1 is 1.18 bits per heavy atom. The number of nitrogens with one attached hydrogen (secondary N) is 2. The molecule has 212 valence electrons. The minimum atomic E-state index is -4.80. The first-order valence-corrected chi connectivity index (χ1v) is 12.5. The van der Waals surface area contributed by atoms with E-state index >= 15 is 0 Å². The van der Waals surface area contributed by atoms with Crippen LogP contribution in [0, 0.1) is 6.92 Å². The molecule has 40 heavy (non-hydrogen) atoms. The molecular weight excluding hydrogens is 574 g/mol. The third-order valence-corrected chi connectivity index (χ3v) is 5.98. The molecule has 0 fully saturated rings. The Hall–Kier alpha value is -3.59. The van der Waals surface area contributed by atoms with Crippen LogP contribution in [0.25, 0.3) is 5.82 Å². The lowest BCUT2D eigenvalue weighted by atomic mass is 10.0. The highest BCUT2D eigenvalue weighted by Crippen LogP contribution is 2.32. The number of anilines is 1. The Labute approximate surface area is 236 Å². The van der Waals surface area contributed by atoms with E-state index in [1.165, 1.54) is 24.4 Å². The Morgan fingerprint density at radius 2 is 1.90 bits per heavy atom. The summed E-state index contributed by atoms with van der Waals surface area (Å²) in [6, 6.07) is 7.49. The smallest absolute Gasteiger partial charge is 0.374 e. The molecular formula is C24H24Cl2F3N9O2. The Balaban J connectivity index is 1.76. The molecule has 11 nitrogen and oxygen atoms in total. The molecule has 1 unspecified atom stereocenters. The van der Waals surface area contributed by atoms with E-state index in [9.17, 15) is 23.1 Å². The molecule has 0 saturated carbocycles. The number of aromatic nitrogens is 7. The predicted molar refractivity (Wildman–Crippen MR) is 140 cm³/mol. The topological polar surface area (TPSA) is 136 Å². The number of aryl methyl sites for hydroxylation is 1. The molecule has 16 heteroatoms. The van der Waals surface area contributed by atoms with Gasteiger partial charge >= 0.3 is 6.18 Å². The van der Waals surface area contributed by atoms with E-state index in [1.807, 2.05) is 20.8 Å². The van der Waals surface area contributed by atoms with Gasteiger partial charge in [0.2, 0.25) is 0 Å². The molecule has 0 spiro atoms. The largest absolute Gasteiger partial charge is 0.453 e. The molecule has 4 rings (SSSR count). The van der Waals surface area contributed by atoms with Crippen molar-refractivity contribution in [1.29, 1.82) is 0 Å². The fourth-order valence-electron chi connectivity index (χ4n) is 3.85. The van der Waals surface area contributed by atoms with Crippen LogP contribution in [0.1, 0.15) is 60.1 Å². The number of hydrogen-bond donors (Lipinski definition) is 3. The van der Waals surface area contributed by atoms with Crippen molar-refractivity contribution < 1.29 is 23.1 Å². The van der Waals surface area contributed by atoms with Crippen molar-refractivity contribution in [3.63, 3.8) is 0 Å². The van der Waals surface area contributed by atoms with E-state index in [1.54, 1.807) is 19.1 Å². The van der Waals surface area contributed by atoms with Crippen molar-refractivity contribution in [3.05, 3.63) is 74.9 Å². The number of pyridine rings is 1. The third-order valence-electron chi connectivity index (χ3n) is 5.46. The van der Waals surface area contributed by atoms with Crippen LogP contribution >= 0.6 is 23.2 Å². The van der Waals surface area contributed by atoms with Gasteiger partial charge in [0.05, 0.1) is 22.9 Å². The van der Waals surface area contributed by atoms with Gasteiger partial charge in [0.25, 0.3) is 11.7 Å². The van der Waals surface area contributed by atoms with Gasteiger partial charge in [0.1, 0.15) is 11.9 Å². The van der Waals surface area contributed by atoms with Crippen molar-refractivity contribution in [1.82, 2.24) is 40.3 Å². The molecule has 0 aliphatic rings. The molecule has 1 aromatic carbocycles. The maximum absolute atomic E-state index is 13.7. The van der Waals surface area contributed by atoms with E-state index in [-0.39, 0.29) is 27.9 Å². The average Bonchev–Trinajstić information content (AvgIpc) is 3.47. The highest BCUT2D eigenvalue weighted by Gasteiger charge is 2.38. The van der Waals surface area contributed by atoms with Crippen molar-refractivity contribution in [2.75, 3.05) is 5.32 Å². The second kappa shape index (κ2) is 11.1.